The van der Waals surface area contributed by atoms with Gasteiger partial charge in [-0.05, 0) is 43.0 Å². The molecule has 16 heavy (non-hydrogen) atoms. The maximum Gasteiger partial charge on any atom is 0.175 e. The van der Waals surface area contributed by atoms with Crippen molar-refractivity contribution in [2.75, 3.05) is 13.1 Å². The summed E-state index contributed by atoms with van der Waals surface area (Å²) >= 11 is 0. The highest BCUT2D eigenvalue weighted by molar-refractivity contribution is 4.83. The maximum atomic E-state index is 4.41. The summed E-state index contributed by atoms with van der Waals surface area (Å²) in [5.41, 5.74) is 0. The van der Waals surface area contributed by atoms with Crippen molar-refractivity contribution in [3.8, 4) is 0 Å². The predicted octanol–water partition coefficient (Wildman–Crippen LogP) is 0.871. The van der Waals surface area contributed by atoms with Crippen LogP contribution in [0.2, 0.25) is 0 Å². The average Bonchev–Trinajstić information content (AvgIpc) is 2.66. The molecule has 1 aliphatic rings. The summed E-state index contributed by atoms with van der Waals surface area (Å²) in [4.78, 5) is 1.72. The van der Waals surface area contributed by atoms with Crippen LogP contribution < -0.4 is 5.32 Å². The zero-order valence-corrected chi connectivity index (χ0v) is 10.2. The zero-order chi connectivity index (χ0) is 11.4. The lowest BCUT2D eigenvalue weighted by atomic mass is 9.96. The molecule has 0 bridgehead atoms. The number of rotatable bonds is 4. The minimum absolute atomic E-state index is 0.568. The molecule has 0 spiro atoms. The minimum atomic E-state index is 0.568. The first kappa shape index (κ1) is 11.5. The molecule has 1 N–H and O–H groups in total. The average molecular weight is 223 g/mol. The molecule has 0 amide bonds. The van der Waals surface area contributed by atoms with Crippen LogP contribution in [-0.4, -0.2) is 33.3 Å². The Labute approximate surface area is 96.6 Å². The van der Waals surface area contributed by atoms with Gasteiger partial charge >= 0.3 is 0 Å². The van der Waals surface area contributed by atoms with E-state index in [0.717, 1.165) is 31.9 Å². The van der Waals surface area contributed by atoms with Crippen LogP contribution in [0.25, 0.3) is 0 Å². The first-order valence-corrected chi connectivity index (χ1v) is 6.21. The van der Waals surface area contributed by atoms with E-state index in [9.17, 15) is 0 Å². The summed E-state index contributed by atoms with van der Waals surface area (Å²) in [6.45, 7) is 7.43. The fourth-order valence-corrected chi connectivity index (χ4v) is 2.12. The molecule has 0 aromatic carbocycles. The highest BCUT2D eigenvalue weighted by Gasteiger charge is 2.16. The van der Waals surface area contributed by atoms with Crippen molar-refractivity contribution in [1.82, 2.24) is 25.5 Å². The van der Waals surface area contributed by atoms with Crippen molar-refractivity contribution in [3.05, 3.63) is 5.82 Å². The zero-order valence-electron chi connectivity index (χ0n) is 10.2. The summed E-state index contributed by atoms with van der Waals surface area (Å²) in [6.07, 6.45) is 3.52. The summed E-state index contributed by atoms with van der Waals surface area (Å²) in [7, 11) is 0. The molecule has 0 saturated carbocycles. The van der Waals surface area contributed by atoms with Gasteiger partial charge in [0.2, 0.25) is 0 Å². The number of hydrogen-bond acceptors (Lipinski definition) is 4. The summed E-state index contributed by atoms with van der Waals surface area (Å²) in [6, 6.07) is 0. The molecular formula is C11H21N5. The fraction of sp³-hybridized carbons (Fsp3) is 0.909. The van der Waals surface area contributed by atoms with Crippen LogP contribution in [0.15, 0.2) is 0 Å². The lowest BCUT2D eigenvalue weighted by Gasteiger charge is -2.20. The Morgan fingerprint density at radius 3 is 3.06 bits per heavy atom. The highest BCUT2D eigenvalue weighted by atomic mass is 15.6. The number of nitrogens with one attached hydrogen (secondary N) is 1. The molecule has 90 valence electrons. The normalized spacial score (nSPS) is 21.6. The van der Waals surface area contributed by atoms with Crippen molar-refractivity contribution >= 4 is 0 Å². The number of hydrogen-bond donors (Lipinski definition) is 1. The topological polar surface area (TPSA) is 55.6 Å². The molecule has 2 heterocycles. The Morgan fingerprint density at radius 1 is 1.50 bits per heavy atom. The van der Waals surface area contributed by atoms with E-state index in [1.54, 1.807) is 4.80 Å². The summed E-state index contributed by atoms with van der Waals surface area (Å²) in [5.74, 6) is 2.15. The molecule has 1 aromatic rings. The SMILES string of the molecule is CC(C)Cn1nnc(CC2CCCNC2)n1. The van der Waals surface area contributed by atoms with Gasteiger partial charge in [0.15, 0.2) is 5.82 Å². The minimum Gasteiger partial charge on any atom is -0.316 e. The molecule has 1 aromatic heterocycles. The van der Waals surface area contributed by atoms with Gasteiger partial charge in [-0.3, -0.25) is 0 Å². The third-order valence-electron chi connectivity index (χ3n) is 2.89. The van der Waals surface area contributed by atoms with Crippen LogP contribution in [0.4, 0.5) is 0 Å². The number of piperidine rings is 1. The van der Waals surface area contributed by atoms with Gasteiger partial charge in [0, 0.05) is 6.42 Å². The number of tetrazole rings is 1. The standard InChI is InChI=1S/C11H21N5/c1-9(2)8-16-14-11(13-15-16)6-10-4-3-5-12-7-10/h9-10,12H,3-8H2,1-2H3. The predicted molar refractivity (Wildman–Crippen MR) is 62.0 cm³/mol. The van der Waals surface area contributed by atoms with Crippen LogP contribution in [0.3, 0.4) is 0 Å². The van der Waals surface area contributed by atoms with Gasteiger partial charge in [0.25, 0.3) is 0 Å². The molecule has 1 saturated heterocycles. The Bertz CT molecular complexity index is 314. The van der Waals surface area contributed by atoms with Gasteiger partial charge in [-0.2, -0.15) is 4.80 Å². The Hall–Kier alpha value is -0.970. The third-order valence-corrected chi connectivity index (χ3v) is 2.89. The second-order valence-electron chi connectivity index (χ2n) is 5.07. The lowest BCUT2D eigenvalue weighted by Crippen LogP contribution is -2.31. The van der Waals surface area contributed by atoms with E-state index < -0.39 is 0 Å². The van der Waals surface area contributed by atoms with E-state index in [2.05, 4.69) is 34.6 Å². The largest absolute Gasteiger partial charge is 0.316 e. The molecule has 1 atom stereocenters. The van der Waals surface area contributed by atoms with Crippen LogP contribution in [0.5, 0.6) is 0 Å². The molecule has 1 aliphatic heterocycles. The van der Waals surface area contributed by atoms with E-state index in [-0.39, 0.29) is 0 Å². The van der Waals surface area contributed by atoms with Crippen molar-refractivity contribution < 1.29 is 0 Å². The smallest absolute Gasteiger partial charge is 0.175 e. The van der Waals surface area contributed by atoms with Gasteiger partial charge in [-0.1, -0.05) is 13.8 Å². The second-order valence-corrected chi connectivity index (χ2v) is 5.07. The van der Waals surface area contributed by atoms with E-state index in [1.807, 2.05) is 0 Å². The molecule has 5 heteroatoms. The van der Waals surface area contributed by atoms with E-state index in [0.29, 0.717) is 11.8 Å². The molecule has 0 radical (unpaired) electrons. The Morgan fingerprint density at radius 2 is 2.38 bits per heavy atom. The van der Waals surface area contributed by atoms with Crippen molar-refractivity contribution in [1.29, 1.82) is 0 Å². The number of aromatic nitrogens is 4. The van der Waals surface area contributed by atoms with Gasteiger partial charge in [0.05, 0.1) is 6.54 Å². The van der Waals surface area contributed by atoms with Crippen molar-refractivity contribution in [2.24, 2.45) is 11.8 Å². The monoisotopic (exact) mass is 223 g/mol. The molecular weight excluding hydrogens is 202 g/mol. The van der Waals surface area contributed by atoms with Gasteiger partial charge in [0.1, 0.15) is 0 Å². The second kappa shape index (κ2) is 5.39. The van der Waals surface area contributed by atoms with Gasteiger partial charge in [-0.15, -0.1) is 10.2 Å². The van der Waals surface area contributed by atoms with Crippen molar-refractivity contribution in [2.45, 2.75) is 39.7 Å². The van der Waals surface area contributed by atoms with Crippen LogP contribution >= 0.6 is 0 Å². The summed E-state index contributed by atoms with van der Waals surface area (Å²) in [5, 5.41) is 16.0. The third kappa shape index (κ3) is 3.27. The quantitative estimate of drug-likeness (QED) is 0.823. The molecule has 1 fully saturated rings. The van der Waals surface area contributed by atoms with Crippen LogP contribution in [0, 0.1) is 11.8 Å². The van der Waals surface area contributed by atoms with Gasteiger partial charge in [-0.25, -0.2) is 0 Å². The molecule has 2 rings (SSSR count). The van der Waals surface area contributed by atoms with E-state index >= 15 is 0 Å². The summed E-state index contributed by atoms with van der Waals surface area (Å²) < 4.78 is 0. The molecule has 1 unspecified atom stereocenters. The fourth-order valence-electron chi connectivity index (χ4n) is 2.12. The van der Waals surface area contributed by atoms with Crippen LogP contribution in [0.1, 0.15) is 32.5 Å². The Kier molecular flexibility index (Phi) is 3.88. The van der Waals surface area contributed by atoms with Gasteiger partial charge < -0.3 is 5.32 Å². The highest BCUT2D eigenvalue weighted by Crippen LogP contribution is 2.13. The molecule has 0 aliphatic carbocycles. The lowest BCUT2D eigenvalue weighted by molar-refractivity contribution is 0.369. The van der Waals surface area contributed by atoms with E-state index in [1.165, 1.54) is 12.8 Å². The molecule has 5 nitrogen and oxygen atoms in total. The Balaban J connectivity index is 1.86. The number of nitrogens with zero attached hydrogens (tertiary/aromatic N) is 4. The first-order valence-electron chi connectivity index (χ1n) is 6.21. The first-order chi connectivity index (χ1) is 7.74. The maximum absolute atomic E-state index is 4.41. The van der Waals surface area contributed by atoms with Crippen LogP contribution in [-0.2, 0) is 13.0 Å². The van der Waals surface area contributed by atoms with E-state index in [4.69, 9.17) is 0 Å². The van der Waals surface area contributed by atoms with Crippen molar-refractivity contribution in [3.63, 3.8) is 0 Å².